The zero-order valence-electron chi connectivity index (χ0n) is 18.2. The Balaban J connectivity index is 1.81. The Bertz CT molecular complexity index is 1190. The Morgan fingerprint density at radius 3 is 2.58 bits per heavy atom. The maximum absolute atomic E-state index is 12.5. The Hall–Kier alpha value is -2.74. The molecular weight excluding hydrogens is 412 g/mol. The minimum atomic E-state index is -3.39. The van der Waals surface area contributed by atoms with Crippen molar-refractivity contribution in [3.8, 4) is 11.1 Å². The molecule has 3 aromatic rings. The summed E-state index contributed by atoms with van der Waals surface area (Å²) < 4.78 is 27.8. The van der Waals surface area contributed by atoms with Gasteiger partial charge in [-0.3, -0.25) is 4.72 Å². The summed E-state index contributed by atoms with van der Waals surface area (Å²) >= 11 is 0. The highest BCUT2D eigenvalue weighted by molar-refractivity contribution is 7.92. The van der Waals surface area contributed by atoms with E-state index in [2.05, 4.69) is 21.9 Å². The van der Waals surface area contributed by atoms with Gasteiger partial charge in [0, 0.05) is 28.5 Å². The average Bonchev–Trinajstić information content (AvgIpc) is 3.23. The topological polar surface area (TPSA) is 101 Å². The SMILES string of the molecule is CCS(=O)(=O)Nc1ccc(N[C@H]2CC[C@H](C)CC2)c(-c2cc(C)[n+]([O-])c3[nH]ccc23)c1. The molecule has 2 heterocycles. The van der Waals surface area contributed by atoms with Crippen molar-refractivity contribution >= 4 is 32.4 Å². The summed E-state index contributed by atoms with van der Waals surface area (Å²) in [6.07, 6.45) is 6.37. The fourth-order valence-corrected chi connectivity index (χ4v) is 4.95. The van der Waals surface area contributed by atoms with Gasteiger partial charge in [-0.1, -0.05) is 6.92 Å². The van der Waals surface area contributed by atoms with E-state index >= 15 is 0 Å². The number of H-pyrrole nitrogens is 1. The number of fused-ring (bicyclic) bond motifs is 1. The van der Waals surface area contributed by atoms with Crippen molar-refractivity contribution in [2.24, 2.45) is 5.92 Å². The molecule has 2 aromatic heterocycles. The molecule has 3 N–H and O–H groups in total. The van der Waals surface area contributed by atoms with Crippen LogP contribution < -0.4 is 14.8 Å². The van der Waals surface area contributed by atoms with Crippen LogP contribution in [0, 0.1) is 18.0 Å². The van der Waals surface area contributed by atoms with E-state index in [1.165, 1.54) is 12.8 Å². The van der Waals surface area contributed by atoms with Crippen LogP contribution in [0.25, 0.3) is 22.2 Å². The third-order valence-electron chi connectivity index (χ3n) is 6.23. The molecule has 1 saturated carbocycles. The zero-order valence-corrected chi connectivity index (χ0v) is 19.1. The van der Waals surface area contributed by atoms with E-state index in [-0.39, 0.29) is 5.75 Å². The van der Waals surface area contributed by atoms with E-state index in [9.17, 15) is 13.6 Å². The largest absolute Gasteiger partial charge is 0.710 e. The minimum absolute atomic E-state index is 0.00523. The van der Waals surface area contributed by atoms with Crippen molar-refractivity contribution in [1.29, 1.82) is 0 Å². The predicted molar refractivity (Wildman–Crippen MR) is 126 cm³/mol. The molecule has 31 heavy (non-hydrogen) atoms. The third-order valence-corrected chi connectivity index (χ3v) is 7.54. The summed E-state index contributed by atoms with van der Waals surface area (Å²) in [6, 6.07) is 9.72. The van der Waals surface area contributed by atoms with E-state index in [0.29, 0.717) is 23.1 Å². The lowest BCUT2D eigenvalue weighted by molar-refractivity contribution is -0.586. The molecule has 0 aliphatic heterocycles. The van der Waals surface area contributed by atoms with Gasteiger partial charge in [-0.05, 0) is 75.8 Å². The maximum Gasteiger partial charge on any atom is 0.290 e. The summed E-state index contributed by atoms with van der Waals surface area (Å²) in [5.41, 5.74) is 4.30. The number of sulfonamides is 1. The molecule has 1 fully saturated rings. The fraction of sp³-hybridized carbons (Fsp3) is 0.435. The Morgan fingerprint density at radius 2 is 1.87 bits per heavy atom. The lowest BCUT2D eigenvalue weighted by Crippen LogP contribution is -2.31. The molecule has 0 spiro atoms. The number of anilines is 2. The van der Waals surface area contributed by atoms with Crippen LogP contribution in [0.3, 0.4) is 0 Å². The van der Waals surface area contributed by atoms with Crippen LogP contribution >= 0.6 is 0 Å². The van der Waals surface area contributed by atoms with Crippen LogP contribution in [0.5, 0.6) is 0 Å². The number of aromatic amines is 1. The van der Waals surface area contributed by atoms with Crippen molar-refractivity contribution in [3.63, 3.8) is 0 Å². The van der Waals surface area contributed by atoms with Gasteiger partial charge in [0.15, 0.2) is 0 Å². The molecule has 166 valence electrons. The van der Waals surface area contributed by atoms with Crippen LogP contribution in [0.15, 0.2) is 36.5 Å². The number of aromatic nitrogens is 2. The normalized spacial score (nSPS) is 19.5. The number of nitrogens with zero attached hydrogens (tertiary/aromatic N) is 1. The summed E-state index contributed by atoms with van der Waals surface area (Å²) in [6.45, 7) is 5.68. The summed E-state index contributed by atoms with van der Waals surface area (Å²) in [5, 5.41) is 17.0. The molecule has 0 unspecified atom stereocenters. The minimum Gasteiger partial charge on any atom is -0.710 e. The third kappa shape index (κ3) is 4.49. The average molecular weight is 443 g/mol. The first-order chi connectivity index (χ1) is 14.8. The van der Waals surface area contributed by atoms with Gasteiger partial charge in [0.2, 0.25) is 10.0 Å². The van der Waals surface area contributed by atoms with E-state index < -0.39 is 10.0 Å². The van der Waals surface area contributed by atoms with Gasteiger partial charge in [-0.25, -0.2) is 18.1 Å². The molecule has 4 rings (SSSR count). The molecule has 8 heteroatoms. The predicted octanol–water partition coefficient (Wildman–Crippen LogP) is 4.53. The van der Waals surface area contributed by atoms with Crippen molar-refractivity contribution in [3.05, 3.63) is 47.4 Å². The van der Waals surface area contributed by atoms with Gasteiger partial charge in [-0.15, -0.1) is 0 Å². The number of aryl methyl sites for hydroxylation is 1. The number of rotatable bonds is 6. The molecule has 1 aliphatic carbocycles. The second kappa shape index (κ2) is 8.42. The van der Waals surface area contributed by atoms with Crippen molar-refractivity contribution in [2.45, 2.75) is 52.5 Å². The highest BCUT2D eigenvalue weighted by atomic mass is 32.2. The van der Waals surface area contributed by atoms with Gasteiger partial charge < -0.3 is 10.5 Å². The summed E-state index contributed by atoms with van der Waals surface area (Å²) in [5.74, 6) is 0.762. The highest BCUT2D eigenvalue weighted by Crippen LogP contribution is 2.37. The Kier molecular flexibility index (Phi) is 5.83. The first-order valence-electron chi connectivity index (χ1n) is 10.9. The Morgan fingerprint density at radius 1 is 1.13 bits per heavy atom. The number of nitrogens with one attached hydrogen (secondary N) is 3. The van der Waals surface area contributed by atoms with Crippen LogP contribution in [0.2, 0.25) is 0 Å². The van der Waals surface area contributed by atoms with Crippen LogP contribution in [-0.2, 0) is 10.0 Å². The lowest BCUT2D eigenvalue weighted by Gasteiger charge is -2.29. The van der Waals surface area contributed by atoms with Gasteiger partial charge >= 0.3 is 0 Å². The quantitative estimate of drug-likeness (QED) is 0.386. The number of pyridine rings is 1. The molecule has 0 bridgehead atoms. The van der Waals surface area contributed by atoms with E-state index in [1.807, 2.05) is 24.3 Å². The molecule has 1 aromatic carbocycles. The molecule has 0 saturated heterocycles. The maximum atomic E-state index is 12.5. The fourth-order valence-electron chi connectivity index (χ4n) is 4.32. The zero-order chi connectivity index (χ0) is 22.2. The number of benzene rings is 1. The van der Waals surface area contributed by atoms with Gasteiger partial charge in [0.25, 0.3) is 5.65 Å². The van der Waals surface area contributed by atoms with E-state index in [0.717, 1.165) is 45.7 Å². The second-order valence-electron chi connectivity index (χ2n) is 8.60. The van der Waals surface area contributed by atoms with Crippen LogP contribution in [-0.4, -0.2) is 25.2 Å². The first-order valence-corrected chi connectivity index (χ1v) is 12.5. The molecule has 0 radical (unpaired) electrons. The van der Waals surface area contributed by atoms with E-state index in [1.54, 1.807) is 26.1 Å². The summed E-state index contributed by atoms with van der Waals surface area (Å²) in [7, 11) is -3.39. The monoisotopic (exact) mass is 442 g/mol. The number of hydrogen-bond acceptors (Lipinski definition) is 4. The van der Waals surface area contributed by atoms with Crippen LogP contribution in [0.1, 0.15) is 45.2 Å². The van der Waals surface area contributed by atoms with Crippen molar-refractivity contribution < 1.29 is 13.1 Å². The summed E-state index contributed by atoms with van der Waals surface area (Å²) in [4.78, 5) is 3.03. The highest BCUT2D eigenvalue weighted by Gasteiger charge is 2.22. The van der Waals surface area contributed by atoms with Crippen molar-refractivity contribution in [2.75, 3.05) is 15.8 Å². The standard InChI is InChI=1S/C23H30N4O3S/c1-4-31(29,30)26-18-9-10-22(25-17-7-5-15(2)6-8-17)21(14-18)20-13-16(3)27(28)23-19(20)11-12-24-23/h9-15,17,24-26H,4-8H2,1-3H3/t15-,17-. The van der Waals surface area contributed by atoms with Gasteiger partial charge in [-0.2, -0.15) is 0 Å². The molecule has 0 atom stereocenters. The molecular formula is C23H30N4O3S. The van der Waals surface area contributed by atoms with Crippen LogP contribution in [0.4, 0.5) is 11.4 Å². The molecule has 7 nitrogen and oxygen atoms in total. The second-order valence-corrected chi connectivity index (χ2v) is 10.6. The molecule has 1 aliphatic rings. The smallest absolute Gasteiger partial charge is 0.290 e. The first kappa shape index (κ1) is 21.5. The number of hydrogen-bond donors (Lipinski definition) is 3. The van der Waals surface area contributed by atoms with Gasteiger partial charge in [0.05, 0.1) is 17.3 Å². The molecule has 0 amide bonds. The van der Waals surface area contributed by atoms with E-state index in [4.69, 9.17) is 0 Å². The lowest BCUT2D eigenvalue weighted by atomic mass is 9.87. The Labute approximate surface area is 183 Å². The van der Waals surface area contributed by atoms with Gasteiger partial charge in [0.1, 0.15) is 5.69 Å². The van der Waals surface area contributed by atoms with Crippen molar-refractivity contribution in [1.82, 2.24) is 4.98 Å².